The Morgan fingerprint density at radius 3 is 2.50 bits per heavy atom. The number of aliphatic carboxylic acids is 1. The number of imidazole rings is 1. The third-order valence-electron chi connectivity index (χ3n) is 7.99. The van der Waals surface area contributed by atoms with E-state index < -0.39 is 29.5 Å². The molecule has 0 radical (unpaired) electrons. The third kappa shape index (κ3) is 9.81. The maximum absolute atomic E-state index is 15.4. The van der Waals surface area contributed by atoms with Crippen molar-refractivity contribution in [1.82, 2.24) is 13.9 Å². The van der Waals surface area contributed by atoms with Crippen LogP contribution in [0.2, 0.25) is 0 Å². The van der Waals surface area contributed by atoms with Gasteiger partial charge in [-0.1, -0.05) is 63.2 Å². The first-order valence-electron chi connectivity index (χ1n) is 16.8. The number of aryl methyl sites for hydroxylation is 2. The summed E-state index contributed by atoms with van der Waals surface area (Å²) in [4.78, 5) is 30.6. The Bertz CT molecular complexity index is 1910. The van der Waals surface area contributed by atoms with Crippen LogP contribution in [0, 0.1) is 12.7 Å². The number of rotatable bonds is 11. The van der Waals surface area contributed by atoms with Gasteiger partial charge in [-0.2, -0.15) is 5.10 Å². The van der Waals surface area contributed by atoms with Gasteiger partial charge in [0.1, 0.15) is 18.2 Å². The molecular formula is C37H43F2IN5O5PS. The van der Waals surface area contributed by atoms with Gasteiger partial charge in [0.25, 0.3) is 0 Å². The summed E-state index contributed by atoms with van der Waals surface area (Å²) in [6, 6.07) is 17.4. The van der Waals surface area contributed by atoms with E-state index in [1.54, 1.807) is 31.6 Å². The Labute approximate surface area is 322 Å². The number of fused-ring (bicyclic) bond motifs is 1. The molecule has 278 valence electrons. The molecular weight excluding hydrogens is 822 g/mol. The van der Waals surface area contributed by atoms with Crippen LogP contribution >= 0.6 is 40.7 Å². The Morgan fingerprint density at radius 1 is 1.17 bits per heavy atom. The number of carbonyl (C=O) groups is 2. The highest BCUT2D eigenvalue weighted by Crippen LogP contribution is 2.40. The van der Waals surface area contributed by atoms with Crippen molar-refractivity contribution >= 4 is 64.7 Å². The predicted molar refractivity (Wildman–Crippen MR) is 214 cm³/mol. The molecule has 1 aromatic heterocycles. The number of carboxylic acid groups (broad SMARTS) is 1. The molecule has 2 atom stereocenters. The lowest BCUT2D eigenvalue weighted by molar-refractivity contribution is -0.143. The van der Waals surface area contributed by atoms with E-state index >= 15 is 4.39 Å². The van der Waals surface area contributed by atoms with Crippen LogP contribution in [0.4, 0.5) is 18.8 Å². The lowest BCUT2D eigenvalue weighted by atomic mass is 9.96. The van der Waals surface area contributed by atoms with E-state index in [4.69, 9.17) is 9.47 Å². The van der Waals surface area contributed by atoms with Gasteiger partial charge in [-0.25, -0.2) is 27.7 Å². The summed E-state index contributed by atoms with van der Waals surface area (Å²) in [5, 5.41) is 14.5. The lowest BCUT2D eigenvalue weighted by Crippen LogP contribution is -2.50. The summed E-state index contributed by atoms with van der Waals surface area (Å²) >= 11 is 2.09. The van der Waals surface area contributed by atoms with Crippen molar-refractivity contribution in [2.75, 3.05) is 4.78 Å². The molecule has 15 heteroatoms. The molecule has 1 amide bonds. The Morgan fingerprint density at radius 2 is 1.88 bits per heavy atom. The molecule has 1 unspecified atom stereocenters. The number of hydrogen-bond donors (Lipinski definition) is 1. The van der Waals surface area contributed by atoms with Crippen molar-refractivity contribution in [1.29, 1.82) is 0 Å². The van der Waals surface area contributed by atoms with E-state index in [1.165, 1.54) is 16.3 Å². The van der Waals surface area contributed by atoms with Crippen LogP contribution in [-0.2, 0) is 35.5 Å². The number of aromatic nitrogens is 2. The van der Waals surface area contributed by atoms with Crippen molar-refractivity contribution in [2.45, 2.75) is 86.1 Å². The molecule has 3 aromatic carbocycles. The van der Waals surface area contributed by atoms with E-state index in [1.807, 2.05) is 76.2 Å². The molecule has 1 aliphatic heterocycles. The second-order valence-corrected chi connectivity index (χ2v) is 15.1. The fourth-order valence-electron chi connectivity index (χ4n) is 5.53. The summed E-state index contributed by atoms with van der Waals surface area (Å²) in [5.74, 6) is -1.34. The number of anilines is 1. The number of carbonyl (C=O) groups excluding carboxylic acids is 1. The zero-order chi connectivity index (χ0) is 38.2. The maximum Gasteiger partial charge on any atom is 0.411 e. The average Bonchev–Trinajstić information content (AvgIpc) is 3.48. The maximum atomic E-state index is 15.4. The standard InChI is InChI=1S/C35H37F2IN5O5PS.C2H6/c1-6-23-15-31(47-20-22-10-8-7-9-11-22)26(36)16-25(23)24-13-12-21(2)28(14-24)43(49-38)39-18-32-40-27-17-29(33(44)45)41(19-30(27)42(32)50-37)34(46)48-35(3,4)5;1-2/h7-16,18,29,49H,6,17,19-20H2,1-5H3,(H,44,45);1-2H3/b39-18+;/t29-;/m0./s1. The molecule has 0 spiro atoms. The SMILES string of the molecule is CC.CCc1cc(OCc2ccccc2)c(F)cc1-c1ccc(C)c(N(/N=C/c2nc3c(n2SF)CN(C(=O)OC(C)(C)C)[C@H](C(=O)O)C3)PI)c1. The quantitative estimate of drug-likeness (QED) is 0.0687. The topological polar surface area (TPSA) is 109 Å². The van der Waals surface area contributed by atoms with Crippen LogP contribution in [0.1, 0.15) is 75.4 Å². The minimum Gasteiger partial charge on any atom is -0.486 e. The highest BCUT2D eigenvalue weighted by molar-refractivity contribution is 14.2. The third-order valence-corrected chi connectivity index (χ3v) is 10.4. The summed E-state index contributed by atoms with van der Waals surface area (Å²) in [5.41, 5.74) is 4.92. The van der Waals surface area contributed by atoms with Crippen molar-refractivity contribution in [3.63, 3.8) is 0 Å². The first-order valence-corrected chi connectivity index (χ1v) is 21.5. The molecule has 2 heterocycles. The van der Waals surface area contributed by atoms with Gasteiger partial charge in [0.2, 0.25) is 0 Å². The second kappa shape index (κ2) is 18.3. The van der Waals surface area contributed by atoms with Gasteiger partial charge in [0.05, 0.1) is 36.2 Å². The summed E-state index contributed by atoms with van der Waals surface area (Å²) in [6.45, 7) is 13.0. The van der Waals surface area contributed by atoms with Crippen molar-refractivity contribution < 1.29 is 32.4 Å². The van der Waals surface area contributed by atoms with Crippen LogP contribution in [0.5, 0.6) is 5.75 Å². The molecule has 4 aromatic rings. The number of amides is 1. The zero-order valence-electron chi connectivity index (χ0n) is 30.1. The molecule has 0 saturated heterocycles. The minimum absolute atomic E-state index is 0.107. The van der Waals surface area contributed by atoms with Crippen molar-refractivity contribution in [3.05, 3.63) is 100 Å². The highest BCUT2D eigenvalue weighted by Gasteiger charge is 2.40. The molecule has 5 rings (SSSR count). The van der Waals surface area contributed by atoms with Crippen LogP contribution in [-0.4, -0.2) is 48.9 Å². The smallest absolute Gasteiger partial charge is 0.411 e. The Kier molecular flexibility index (Phi) is 14.5. The highest BCUT2D eigenvalue weighted by atomic mass is 127. The molecule has 10 nitrogen and oxygen atoms in total. The largest absolute Gasteiger partial charge is 0.486 e. The van der Waals surface area contributed by atoms with Crippen LogP contribution in [0.25, 0.3) is 11.1 Å². The summed E-state index contributed by atoms with van der Waals surface area (Å²) < 4.78 is 44.0. The Hall–Kier alpha value is -3.75. The zero-order valence-corrected chi connectivity index (χ0v) is 34.1. The average molecular weight is 866 g/mol. The van der Waals surface area contributed by atoms with Crippen molar-refractivity contribution in [3.8, 4) is 16.9 Å². The van der Waals surface area contributed by atoms with Crippen LogP contribution < -0.4 is 9.52 Å². The minimum atomic E-state index is -1.23. The van der Waals surface area contributed by atoms with E-state index in [0.717, 1.165) is 38.4 Å². The van der Waals surface area contributed by atoms with E-state index in [-0.39, 0.29) is 49.9 Å². The lowest BCUT2D eigenvalue weighted by Gasteiger charge is -2.34. The van der Waals surface area contributed by atoms with Crippen LogP contribution in [0.3, 0.4) is 0 Å². The Balaban J connectivity index is 0.00000297. The van der Waals surface area contributed by atoms with E-state index in [0.29, 0.717) is 17.8 Å². The first-order chi connectivity index (χ1) is 24.8. The summed E-state index contributed by atoms with van der Waals surface area (Å²) in [6.07, 6.45) is 1.26. The number of ether oxygens (including phenoxy) is 2. The fourth-order valence-corrected chi connectivity index (χ4v) is 7.52. The molecule has 52 heavy (non-hydrogen) atoms. The number of nitrogens with zero attached hydrogens (tertiary/aromatic N) is 5. The molecule has 0 bridgehead atoms. The first kappa shape index (κ1) is 41.0. The van der Waals surface area contributed by atoms with Gasteiger partial charge in [0, 0.05) is 6.42 Å². The van der Waals surface area contributed by atoms with Gasteiger partial charge < -0.3 is 14.6 Å². The van der Waals surface area contributed by atoms with Gasteiger partial charge in [-0.05, 0) is 102 Å². The number of carboxylic acids is 1. The van der Waals surface area contributed by atoms with Crippen molar-refractivity contribution in [2.24, 2.45) is 5.10 Å². The van der Waals surface area contributed by atoms with Gasteiger partial charge in [0.15, 0.2) is 29.7 Å². The number of benzene rings is 3. The molecule has 0 saturated carbocycles. The molecule has 1 N–H and O–H groups in total. The molecule has 0 aliphatic carbocycles. The van der Waals surface area contributed by atoms with Crippen LogP contribution in [0.15, 0.2) is 65.8 Å². The normalized spacial score (nSPS) is 14.3. The van der Waals surface area contributed by atoms with Gasteiger partial charge in [-0.3, -0.25) is 4.90 Å². The fraction of sp³-hybridized carbons (Fsp3) is 0.351. The van der Waals surface area contributed by atoms with E-state index in [2.05, 4.69) is 32.1 Å². The number of halogens is 3. The number of hydrogen-bond acceptors (Lipinski definition) is 8. The predicted octanol–water partition coefficient (Wildman–Crippen LogP) is 10.1. The van der Waals surface area contributed by atoms with Gasteiger partial charge >= 0.3 is 12.1 Å². The van der Waals surface area contributed by atoms with Gasteiger partial charge in [-0.15, -0.1) is 3.89 Å². The summed E-state index contributed by atoms with van der Waals surface area (Å²) in [7, 11) is 0. The monoisotopic (exact) mass is 865 g/mol. The number of hydrazone groups is 1. The second-order valence-electron chi connectivity index (χ2n) is 12.6. The molecule has 0 fully saturated rings. The molecule has 1 aliphatic rings. The van der Waals surface area contributed by atoms with E-state index in [9.17, 15) is 18.6 Å².